The van der Waals surface area contributed by atoms with Crippen LogP contribution in [0.4, 0.5) is 0 Å². The number of hydrogen-bond donors (Lipinski definition) is 0. The first kappa shape index (κ1) is 18.0. The monoisotopic (exact) mass is 407 g/mol. The molecule has 136 valence electrons. The number of hydrogen-bond acceptors (Lipinski definition) is 4. The summed E-state index contributed by atoms with van der Waals surface area (Å²) in [5.41, 5.74) is 3.15. The molecule has 1 aromatic carbocycles. The topological polar surface area (TPSA) is 39.2 Å². The van der Waals surface area contributed by atoms with Crippen molar-refractivity contribution >= 4 is 45.9 Å². The molecular weight excluding hydrogens is 389 g/mol. The molecule has 0 radical (unpaired) electrons. The molecule has 2 aliphatic carbocycles. The van der Waals surface area contributed by atoms with Crippen LogP contribution in [-0.4, -0.2) is 10.8 Å². The van der Waals surface area contributed by atoms with Crippen LogP contribution in [0.3, 0.4) is 0 Å². The molecule has 1 aromatic heterocycles. The van der Waals surface area contributed by atoms with Gasteiger partial charge in [0.1, 0.15) is 22.4 Å². The Labute approximate surface area is 167 Å². The van der Waals surface area contributed by atoms with Gasteiger partial charge < -0.3 is 4.74 Å². The molecule has 0 aliphatic heterocycles. The summed E-state index contributed by atoms with van der Waals surface area (Å²) in [5.74, 6) is 0.763. The van der Waals surface area contributed by atoms with Gasteiger partial charge in [0.2, 0.25) is 0 Å². The van der Waals surface area contributed by atoms with E-state index in [0.29, 0.717) is 28.8 Å². The molecule has 1 heterocycles. The predicted molar refractivity (Wildman–Crippen MR) is 106 cm³/mol. The van der Waals surface area contributed by atoms with Gasteiger partial charge in [0.25, 0.3) is 0 Å². The maximum absolute atomic E-state index is 12.1. The molecule has 1 atom stereocenters. The number of carbonyl (C=O) groups is 1. The summed E-state index contributed by atoms with van der Waals surface area (Å²) in [6, 6.07) is 2.00. The van der Waals surface area contributed by atoms with Crippen LogP contribution in [0, 0.1) is 5.41 Å². The summed E-state index contributed by atoms with van der Waals surface area (Å²) < 4.78 is 5.90. The van der Waals surface area contributed by atoms with E-state index in [1.165, 1.54) is 0 Å². The van der Waals surface area contributed by atoms with Crippen molar-refractivity contribution in [3.05, 3.63) is 49.9 Å². The third-order valence-electron chi connectivity index (χ3n) is 5.34. The Kier molecular flexibility index (Phi) is 4.84. The number of allylic oxidation sites excluding steroid dienone is 2. The molecule has 0 saturated heterocycles. The van der Waals surface area contributed by atoms with Crippen LogP contribution in [-0.2, 0) is 17.8 Å². The van der Waals surface area contributed by atoms with E-state index >= 15 is 0 Å². The molecule has 0 amide bonds. The zero-order valence-corrected chi connectivity index (χ0v) is 16.8. The van der Waals surface area contributed by atoms with Gasteiger partial charge in [-0.15, -0.1) is 11.3 Å². The molecule has 3 nitrogen and oxygen atoms in total. The number of rotatable bonds is 5. The Morgan fingerprint density at radius 1 is 1.35 bits per heavy atom. The minimum Gasteiger partial charge on any atom is -0.485 e. The predicted octanol–water partition coefficient (Wildman–Crippen LogP) is 6.12. The van der Waals surface area contributed by atoms with E-state index in [1.807, 2.05) is 11.4 Å². The largest absolute Gasteiger partial charge is 0.485 e. The number of nitrogens with zero attached hydrogens (tertiary/aromatic N) is 1. The fourth-order valence-corrected chi connectivity index (χ4v) is 5.29. The normalized spacial score (nSPS) is 21.3. The van der Waals surface area contributed by atoms with E-state index in [0.717, 1.165) is 47.4 Å². The molecular formula is C20H19Cl2NO2S. The highest BCUT2D eigenvalue weighted by atomic mass is 35.5. The lowest BCUT2D eigenvalue weighted by molar-refractivity contribution is -0.115. The lowest BCUT2D eigenvalue weighted by Gasteiger charge is -2.33. The number of benzene rings is 1. The molecule has 0 saturated carbocycles. The molecule has 1 unspecified atom stereocenters. The van der Waals surface area contributed by atoms with Crippen molar-refractivity contribution in [1.29, 1.82) is 0 Å². The Morgan fingerprint density at radius 3 is 2.92 bits per heavy atom. The third kappa shape index (κ3) is 2.98. The fraction of sp³-hybridized carbons (Fsp3) is 0.400. The van der Waals surface area contributed by atoms with Crippen LogP contribution < -0.4 is 4.74 Å². The number of fused-ring (bicyclic) bond motifs is 3. The van der Waals surface area contributed by atoms with Crippen LogP contribution in [0.1, 0.15) is 48.7 Å². The van der Waals surface area contributed by atoms with Gasteiger partial charge in [0, 0.05) is 29.0 Å². The van der Waals surface area contributed by atoms with Crippen molar-refractivity contribution in [3.8, 4) is 5.75 Å². The lowest BCUT2D eigenvalue weighted by atomic mass is 9.70. The van der Waals surface area contributed by atoms with Crippen LogP contribution in [0.5, 0.6) is 5.75 Å². The number of aromatic nitrogens is 1. The van der Waals surface area contributed by atoms with Crippen molar-refractivity contribution < 1.29 is 9.53 Å². The van der Waals surface area contributed by atoms with E-state index in [9.17, 15) is 4.79 Å². The average molecular weight is 408 g/mol. The first-order valence-electron chi connectivity index (χ1n) is 8.81. The maximum atomic E-state index is 12.1. The van der Waals surface area contributed by atoms with Crippen LogP contribution in [0.2, 0.25) is 10.0 Å². The smallest absolute Gasteiger partial charge is 0.156 e. The molecule has 6 heteroatoms. The second-order valence-corrected chi connectivity index (χ2v) is 8.72. The molecule has 2 aliphatic rings. The number of carbonyl (C=O) groups excluding carboxylic acids is 1. The van der Waals surface area contributed by atoms with E-state index in [2.05, 4.69) is 11.9 Å². The fourth-order valence-electron chi connectivity index (χ4n) is 4.25. The average Bonchev–Trinajstić information content (AvgIpc) is 3.23. The Hall–Kier alpha value is -1.36. The van der Waals surface area contributed by atoms with Gasteiger partial charge in [-0.3, -0.25) is 4.79 Å². The Balaban J connectivity index is 1.74. The first-order valence-corrected chi connectivity index (χ1v) is 10.4. The van der Waals surface area contributed by atoms with Gasteiger partial charge in [-0.1, -0.05) is 36.5 Å². The van der Waals surface area contributed by atoms with Crippen LogP contribution in [0.15, 0.2) is 23.7 Å². The van der Waals surface area contributed by atoms with Gasteiger partial charge in [-0.25, -0.2) is 4.98 Å². The molecule has 26 heavy (non-hydrogen) atoms. The SMILES string of the molecule is CCCC12CCC(=O)C=C1c1c(cc(OCc3nccs3)c(Cl)c1Cl)C2. The molecule has 0 N–H and O–H groups in total. The summed E-state index contributed by atoms with van der Waals surface area (Å²) in [4.78, 5) is 16.3. The van der Waals surface area contributed by atoms with E-state index in [4.69, 9.17) is 27.9 Å². The van der Waals surface area contributed by atoms with Crippen molar-refractivity contribution in [2.24, 2.45) is 5.41 Å². The highest BCUT2D eigenvalue weighted by molar-refractivity contribution is 7.09. The van der Waals surface area contributed by atoms with E-state index in [-0.39, 0.29) is 11.2 Å². The number of ether oxygens (including phenoxy) is 1. The van der Waals surface area contributed by atoms with Crippen molar-refractivity contribution in [2.45, 2.75) is 45.6 Å². The number of thiazole rings is 1. The lowest BCUT2D eigenvalue weighted by Crippen LogP contribution is -2.25. The zero-order valence-electron chi connectivity index (χ0n) is 14.5. The first-order chi connectivity index (χ1) is 12.5. The van der Waals surface area contributed by atoms with Gasteiger partial charge >= 0.3 is 0 Å². The molecule has 0 bridgehead atoms. The van der Waals surface area contributed by atoms with Crippen molar-refractivity contribution in [1.82, 2.24) is 4.98 Å². The summed E-state index contributed by atoms with van der Waals surface area (Å²) in [6.45, 7) is 2.55. The summed E-state index contributed by atoms with van der Waals surface area (Å²) >= 11 is 14.7. The van der Waals surface area contributed by atoms with Crippen molar-refractivity contribution in [3.63, 3.8) is 0 Å². The van der Waals surface area contributed by atoms with E-state index in [1.54, 1.807) is 23.6 Å². The van der Waals surface area contributed by atoms with Gasteiger partial charge in [-0.2, -0.15) is 0 Å². The number of ketones is 1. The number of halogens is 2. The quantitative estimate of drug-likeness (QED) is 0.599. The maximum Gasteiger partial charge on any atom is 0.156 e. The van der Waals surface area contributed by atoms with Crippen LogP contribution in [0.25, 0.3) is 5.57 Å². The van der Waals surface area contributed by atoms with Crippen molar-refractivity contribution in [2.75, 3.05) is 0 Å². The standard InChI is InChI=1S/C20H19Cl2NO2S/c1-2-4-20-5-3-13(24)9-14(20)17-12(10-20)8-15(18(21)19(17)22)25-11-16-23-6-7-26-16/h6-9H,2-5,10-11H2,1H3. The Morgan fingerprint density at radius 2 is 2.19 bits per heavy atom. The summed E-state index contributed by atoms with van der Waals surface area (Å²) in [6.07, 6.45) is 8.04. The van der Waals surface area contributed by atoms with Gasteiger partial charge in [0.05, 0.1) is 5.02 Å². The summed E-state index contributed by atoms with van der Waals surface area (Å²) in [5, 5.41) is 3.71. The van der Waals surface area contributed by atoms with Crippen LogP contribution >= 0.6 is 34.5 Å². The molecule has 4 rings (SSSR count). The Bertz CT molecular complexity index is 892. The highest BCUT2D eigenvalue weighted by Crippen LogP contribution is 2.58. The molecule has 0 fully saturated rings. The minimum absolute atomic E-state index is 0.00585. The molecule has 0 spiro atoms. The molecule has 2 aromatic rings. The summed E-state index contributed by atoms with van der Waals surface area (Å²) in [7, 11) is 0. The minimum atomic E-state index is 0.00585. The van der Waals surface area contributed by atoms with E-state index < -0.39 is 0 Å². The van der Waals surface area contributed by atoms with Gasteiger partial charge in [-0.05, 0) is 42.5 Å². The highest BCUT2D eigenvalue weighted by Gasteiger charge is 2.45. The second-order valence-electron chi connectivity index (χ2n) is 6.98. The second kappa shape index (κ2) is 6.99. The third-order valence-corrected chi connectivity index (χ3v) is 6.95. The zero-order chi connectivity index (χ0) is 18.3. The van der Waals surface area contributed by atoms with Gasteiger partial charge in [0.15, 0.2) is 5.78 Å².